The molecule has 0 radical (unpaired) electrons. The molecule has 0 bridgehead atoms. The number of aryl methyl sites for hydroxylation is 1. The average molecular weight is 507 g/mol. The van der Waals surface area contributed by atoms with Crippen LogP contribution in [0, 0.1) is 6.92 Å². The smallest absolute Gasteiger partial charge is 0.295 e. The lowest BCUT2D eigenvalue weighted by atomic mass is 9.85. The standard InChI is InChI=1S/C31H42N2O4/c1-8-9-19-37-25-16-13-23(20-21(25)2)28(34)26-27(22-11-14-24(15-12-22)31(3,4)5)33(30(36)29(26)35)18-10-17-32(6)7/h11-16,20,27,34H,8-10,17-19H2,1-7H3/t27-/m0/s1. The van der Waals surface area contributed by atoms with Crippen LogP contribution in [0.15, 0.2) is 48.0 Å². The SMILES string of the molecule is CCCCOc1ccc(C(O)=C2C(=O)C(=O)N(CCCN(C)C)[C@H]2c2ccc(C(C)(C)C)cc2)cc1C. The van der Waals surface area contributed by atoms with E-state index in [4.69, 9.17) is 4.74 Å². The molecule has 0 aromatic heterocycles. The number of carbonyl (C=O) groups is 2. The maximum absolute atomic E-state index is 13.3. The highest BCUT2D eigenvalue weighted by molar-refractivity contribution is 6.46. The third-order valence-electron chi connectivity index (χ3n) is 6.84. The van der Waals surface area contributed by atoms with Gasteiger partial charge in [0.2, 0.25) is 0 Å². The van der Waals surface area contributed by atoms with Crippen molar-refractivity contribution < 1.29 is 19.4 Å². The molecule has 0 aliphatic carbocycles. The molecule has 1 saturated heterocycles. The lowest BCUT2D eigenvalue weighted by Gasteiger charge is -2.27. The molecular weight excluding hydrogens is 464 g/mol. The normalized spacial score (nSPS) is 17.6. The summed E-state index contributed by atoms with van der Waals surface area (Å²) in [6, 6.07) is 12.8. The van der Waals surface area contributed by atoms with Crippen LogP contribution in [-0.2, 0) is 15.0 Å². The Kier molecular flexibility index (Phi) is 9.19. The summed E-state index contributed by atoms with van der Waals surface area (Å²) in [6.45, 7) is 12.3. The van der Waals surface area contributed by atoms with E-state index in [1.807, 2.05) is 57.4 Å². The summed E-state index contributed by atoms with van der Waals surface area (Å²) >= 11 is 0. The summed E-state index contributed by atoms with van der Waals surface area (Å²) in [5.41, 5.74) is 3.46. The molecule has 2 aromatic carbocycles. The van der Waals surface area contributed by atoms with Crippen molar-refractivity contribution in [2.45, 2.75) is 65.3 Å². The molecule has 6 nitrogen and oxygen atoms in total. The van der Waals surface area contributed by atoms with E-state index < -0.39 is 17.7 Å². The summed E-state index contributed by atoms with van der Waals surface area (Å²) in [4.78, 5) is 30.2. The molecule has 0 unspecified atom stereocenters. The Morgan fingerprint density at radius 3 is 2.30 bits per heavy atom. The van der Waals surface area contributed by atoms with Crippen LogP contribution in [0.5, 0.6) is 5.75 Å². The van der Waals surface area contributed by atoms with E-state index in [1.54, 1.807) is 11.0 Å². The van der Waals surface area contributed by atoms with Gasteiger partial charge < -0.3 is 19.6 Å². The molecule has 37 heavy (non-hydrogen) atoms. The first-order chi connectivity index (χ1) is 17.5. The molecule has 0 saturated carbocycles. The van der Waals surface area contributed by atoms with Gasteiger partial charge in [0.05, 0.1) is 18.2 Å². The zero-order chi connectivity index (χ0) is 27.3. The van der Waals surface area contributed by atoms with E-state index in [-0.39, 0.29) is 16.7 Å². The number of hydrogen-bond acceptors (Lipinski definition) is 5. The van der Waals surface area contributed by atoms with E-state index in [1.165, 1.54) is 0 Å². The lowest BCUT2D eigenvalue weighted by molar-refractivity contribution is -0.139. The number of Topliss-reactive ketones (excluding diaryl/α,β-unsaturated/α-hetero) is 1. The van der Waals surface area contributed by atoms with Crippen molar-refractivity contribution in [2.75, 3.05) is 33.8 Å². The molecule has 1 N–H and O–H groups in total. The van der Waals surface area contributed by atoms with E-state index >= 15 is 0 Å². The predicted octanol–water partition coefficient (Wildman–Crippen LogP) is 5.84. The van der Waals surface area contributed by atoms with Crippen LogP contribution in [0.2, 0.25) is 0 Å². The van der Waals surface area contributed by atoms with Crippen LogP contribution >= 0.6 is 0 Å². The van der Waals surface area contributed by atoms with E-state index in [0.29, 0.717) is 18.7 Å². The van der Waals surface area contributed by atoms with Crippen LogP contribution < -0.4 is 4.74 Å². The molecule has 0 spiro atoms. The zero-order valence-corrected chi connectivity index (χ0v) is 23.4. The van der Waals surface area contributed by atoms with Crippen molar-refractivity contribution in [1.82, 2.24) is 9.80 Å². The summed E-state index contributed by atoms with van der Waals surface area (Å²) < 4.78 is 5.85. The van der Waals surface area contributed by atoms with Gasteiger partial charge in [0.15, 0.2) is 0 Å². The highest BCUT2D eigenvalue weighted by atomic mass is 16.5. The molecule has 200 valence electrons. The number of unbranched alkanes of at least 4 members (excludes halogenated alkanes) is 1. The first kappa shape index (κ1) is 28.5. The average Bonchev–Trinajstić information content (AvgIpc) is 3.09. The third-order valence-corrected chi connectivity index (χ3v) is 6.84. The Labute approximate surface area is 221 Å². The lowest BCUT2D eigenvalue weighted by Crippen LogP contribution is -2.32. The topological polar surface area (TPSA) is 70.1 Å². The maximum Gasteiger partial charge on any atom is 0.295 e. The minimum Gasteiger partial charge on any atom is -0.507 e. The van der Waals surface area contributed by atoms with Gasteiger partial charge in [0, 0.05) is 12.1 Å². The van der Waals surface area contributed by atoms with Gasteiger partial charge in [-0.25, -0.2) is 0 Å². The van der Waals surface area contributed by atoms with Crippen molar-refractivity contribution in [3.8, 4) is 5.75 Å². The van der Waals surface area contributed by atoms with E-state index in [9.17, 15) is 14.7 Å². The van der Waals surface area contributed by atoms with Crippen LogP contribution in [0.1, 0.15) is 75.3 Å². The summed E-state index contributed by atoms with van der Waals surface area (Å²) in [5, 5.41) is 11.4. The molecular formula is C31H42N2O4. The number of aliphatic hydroxyl groups excluding tert-OH is 1. The van der Waals surface area contributed by atoms with Crippen LogP contribution in [-0.4, -0.2) is 60.4 Å². The van der Waals surface area contributed by atoms with Crippen molar-refractivity contribution in [3.05, 3.63) is 70.3 Å². The number of ether oxygens (including phenoxy) is 1. The van der Waals surface area contributed by atoms with Crippen molar-refractivity contribution in [2.24, 2.45) is 0 Å². The van der Waals surface area contributed by atoms with E-state index in [2.05, 4.69) is 32.6 Å². The second kappa shape index (κ2) is 12.0. The number of nitrogens with zero attached hydrogens (tertiary/aromatic N) is 2. The number of benzene rings is 2. The minimum absolute atomic E-state index is 0.0233. The number of hydrogen-bond donors (Lipinski definition) is 1. The van der Waals surface area contributed by atoms with Gasteiger partial charge >= 0.3 is 0 Å². The third kappa shape index (κ3) is 6.61. The summed E-state index contributed by atoms with van der Waals surface area (Å²) in [7, 11) is 3.96. The molecule has 1 atom stereocenters. The molecule has 1 fully saturated rings. The molecule has 1 heterocycles. The van der Waals surface area contributed by atoms with E-state index in [0.717, 1.165) is 48.2 Å². The highest BCUT2D eigenvalue weighted by Gasteiger charge is 2.45. The Hall–Kier alpha value is -3.12. The first-order valence-corrected chi connectivity index (χ1v) is 13.2. The summed E-state index contributed by atoms with van der Waals surface area (Å²) in [5.74, 6) is -0.611. The Bertz CT molecular complexity index is 1140. The van der Waals surface area contributed by atoms with Crippen LogP contribution in [0.25, 0.3) is 5.76 Å². The second-order valence-corrected chi connectivity index (χ2v) is 11.2. The number of ketones is 1. The predicted molar refractivity (Wildman–Crippen MR) is 149 cm³/mol. The molecule has 2 aromatic rings. The minimum atomic E-state index is -0.645. The number of rotatable bonds is 10. The van der Waals surface area contributed by atoms with Crippen molar-refractivity contribution in [1.29, 1.82) is 0 Å². The largest absolute Gasteiger partial charge is 0.507 e. The molecule has 6 heteroatoms. The second-order valence-electron chi connectivity index (χ2n) is 11.2. The fraction of sp³-hybridized carbons (Fsp3) is 0.484. The molecule has 1 amide bonds. The highest BCUT2D eigenvalue weighted by Crippen LogP contribution is 2.40. The number of carbonyl (C=O) groups excluding carboxylic acids is 2. The molecule has 1 aliphatic rings. The van der Waals surface area contributed by atoms with Gasteiger partial charge in [0.1, 0.15) is 11.5 Å². The van der Waals surface area contributed by atoms with Gasteiger partial charge in [-0.1, -0.05) is 58.4 Å². The fourth-order valence-electron chi connectivity index (χ4n) is 4.62. The number of amides is 1. The summed E-state index contributed by atoms with van der Waals surface area (Å²) in [6.07, 6.45) is 2.73. The van der Waals surface area contributed by atoms with Crippen molar-refractivity contribution >= 4 is 17.4 Å². The number of aliphatic hydroxyl groups is 1. The first-order valence-electron chi connectivity index (χ1n) is 13.2. The van der Waals surface area contributed by atoms with Crippen LogP contribution in [0.4, 0.5) is 0 Å². The van der Waals surface area contributed by atoms with Gasteiger partial charge in [-0.05, 0) is 80.7 Å². The zero-order valence-electron chi connectivity index (χ0n) is 23.4. The Morgan fingerprint density at radius 2 is 1.73 bits per heavy atom. The molecule has 1 aliphatic heterocycles. The quantitative estimate of drug-likeness (QED) is 0.190. The number of likely N-dealkylation sites (tertiary alicyclic amines) is 1. The van der Waals surface area contributed by atoms with Gasteiger partial charge in [-0.2, -0.15) is 0 Å². The van der Waals surface area contributed by atoms with Gasteiger partial charge in [-0.3, -0.25) is 9.59 Å². The Morgan fingerprint density at radius 1 is 1.05 bits per heavy atom. The Balaban J connectivity index is 2.05. The van der Waals surface area contributed by atoms with Crippen molar-refractivity contribution in [3.63, 3.8) is 0 Å². The maximum atomic E-state index is 13.3. The van der Waals surface area contributed by atoms with Gasteiger partial charge in [0.25, 0.3) is 11.7 Å². The van der Waals surface area contributed by atoms with Crippen LogP contribution in [0.3, 0.4) is 0 Å². The van der Waals surface area contributed by atoms with Gasteiger partial charge in [-0.15, -0.1) is 0 Å². The monoisotopic (exact) mass is 506 g/mol. The molecule has 3 rings (SSSR count). The fourth-order valence-corrected chi connectivity index (χ4v) is 4.62.